The summed E-state index contributed by atoms with van der Waals surface area (Å²) >= 11 is 0. The molecule has 10 nitrogen and oxygen atoms in total. The fraction of sp³-hybridized carbons (Fsp3) is 0.500. The molecule has 3 aromatic heterocycles. The second kappa shape index (κ2) is 9.78. The van der Waals surface area contributed by atoms with Gasteiger partial charge in [0.1, 0.15) is 17.5 Å². The highest BCUT2D eigenvalue weighted by Crippen LogP contribution is 2.43. The number of hydrogen-bond donors (Lipinski definition) is 2. The lowest BCUT2D eigenvalue weighted by Gasteiger charge is -2.54. The Labute approximate surface area is 223 Å². The van der Waals surface area contributed by atoms with Crippen molar-refractivity contribution < 1.29 is 23.1 Å². The van der Waals surface area contributed by atoms with E-state index < -0.39 is 17.3 Å². The molecule has 1 spiro atoms. The summed E-state index contributed by atoms with van der Waals surface area (Å²) in [5, 5.41) is 17.4. The summed E-state index contributed by atoms with van der Waals surface area (Å²) in [4.78, 5) is 29.0. The molecule has 2 aliphatic rings. The number of aromatic nitrogens is 5. The number of hydrogen-bond acceptors (Lipinski definition) is 8. The lowest BCUT2D eigenvalue weighted by molar-refractivity contribution is -0.137. The molecule has 0 saturated carbocycles. The maximum absolute atomic E-state index is 13.2. The number of carbonyl (C=O) groups excluding carboxylic acids is 1. The normalized spacial score (nSPS) is 17.3. The van der Waals surface area contributed by atoms with E-state index in [1.54, 1.807) is 43.9 Å². The predicted molar refractivity (Wildman–Crippen MR) is 138 cm³/mol. The van der Waals surface area contributed by atoms with Crippen LogP contribution in [0.3, 0.4) is 0 Å². The van der Waals surface area contributed by atoms with Gasteiger partial charge in [-0.3, -0.25) is 9.48 Å². The third kappa shape index (κ3) is 6.13. The lowest BCUT2D eigenvalue weighted by Crippen LogP contribution is -2.61. The number of pyridine rings is 1. The molecule has 5 heterocycles. The number of piperidine rings is 1. The van der Waals surface area contributed by atoms with Crippen LogP contribution in [0.1, 0.15) is 39.2 Å². The Bertz CT molecular complexity index is 1350. The highest BCUT2D eigenvalue weighted by atomic mass is 19.4. The van der Waals surface area contributed by atoms with Gasteiger partial charge in [-0.1, -0.05) is 0 Å². The van der Waals surface area contributed by atoms with Crippen LogP contribution in [0.2, 0.25) is 0 Å². The third-order valence-corrected chi connectivity index (χ3v) is 7.14. The average Bonchev–Trinajstić information content (AvgIpc) is 3.29. The molecule has 2 fully saturated rings. The van der Waals surface area contributed by atoms with Crippen molar-refractivity contribution in [1.29, 1.82) is 0 Å². The van der Waals surface area contributed by atoms with E-state index in [2.05, 4.69) is 25.3 Å². The third-order valence-electron chi connectivity index (χ3n) is 7.14. The molecule has 0 bridgehead atoms. The van der Waals surface area contributed by atoms with Gasteiger partial charge in [-0.25, -0.2) is 15.0 Å². The number of alkyl halides is 3. The van der Waals surface area contributed by atoms with Crippen LogP contribution < -0.4 is 10.2 Å². The van der Waals surface area contributed by atoms with E-state index in [9.17, 15) is 23.1 Å². The van der Waals surface area contributed by atoms with Gasteiger partial charge in [-0.05, 0) is 38.8 Å². The van der Waals surface area contributed by atoms with Crippen molar-refractivity contribution in [3.63, 3.8) is 0 Å². The second-order valence-corrected chi connectivity index (χ2v) is 11.1. The average molecular weight is 545 g/mol. The minimum atomic E-state index is -4.50. The first-order valence-electron chi connectivity index (χ1n) is 12.7. The monoisotopic (exact) mass is 544 g/mol. The minimum absolute atomic E-state index is 0.00911. The topological polar surface area (TPSA) is 112 Å². The molecular weight excluding hydrogens is 513 g/mol. The summed E-state index contributed by atoms with van der Waals surface area (Å²) in [5.41, 5.74) is -1.09. The molecule has 39 heavy (non-hydrogen) atoms. The number of aliphatic hydroxyl groups is 1. The Hall–Kier alpha value is -3.74. The molecule has 3 aromatic rings. The van der Waals surface area contributed by atoms with Crippen molar-refractivity contribution in [2.24, 2.45) is 5.41 Å². The first-order valence-corrected chi connectivity index (χ1v) is 12.7. The molecule has 0 aromatic carbocycles. The zero-order chi connectivity index (χ0) is 28.0. The van der Waals surface area contributed by atoms with Gasteiger partial charge in [-0.2, -0.15) is 18.3 Å². The zero-order valence-corrected chi connectivity index (χ0v) is 22.0. The Morgan fingerprint density at radius 1 is 1.13 bits per heavy atom. The first kappa shape index (κ1) is 26.9. The number of carbonyl (C=O) groups is 1. The van der Waals surface area contributed by atoms with E-state index in [-0.39, 0.29) is 23.7 Å². The Morgan fingerprint density at radius 3 is 2.49 bits per heavy atom. The van der Waals surface area contributed by atoms with Gasteiger partial charge in [0.25, 0.3) is 0 Å². The molecule has 5 rings (SSSR count). The van der Waals surface area contributed by atoms with Gasteiger partial charge in [0.15, 0.2) is 5.82 Å². The highest BCUT2D eigenvalue weighted by Gasteiger charge is 2.46. The first-order chi connectivity index (χ1) is 18.3. The molecule has 0 atom stereocenters. The van der Waals surface area contributed by atoms with Gasteiger partial charge in [-0.15, -0.1) is 0 Å². The summed E-state index contributed by atoms with van der Waals surface area (Å²) in [6.07, 6.45) is 1.72. The van der Waals surface area contributed by atoms with Crippen LogP contribution in [0.4, 0.5) is 30.6 Å². The Balaban J connectivity index is 1.42. The summed E-state index contributed by atoms with van der Waals surface area (Å²) in [6.45, 7) is 8.18. The Kier molecular flexibility index (Phi) is 6.73. The summed E-state index contributed by atoms with van der Waals surface area (Å²) in [5.74, 6) is 1.37. The fourth-order valence-electron chi connectivity index (χ4n) is 5.10. The van der Waals surface area contributed by atoms with Gasteiger partial charge in [0, 0.05) is 57.0 Å². The van der Waals surface area contributed by atoms with Gasteiger partial charge >= 0.3 is 6.18 Å². The maximum atomic E-state index is 13.2. The van der Waals surface area contributed by atoms with Crippen molar-refractivity contribution in [1.82, 2.24) is 29.6 Å². The smallest absolute Gasteiger partial charge is 0.389 e. The number of anilines is 3. The molecule has 0 aliphatic carbocycles. The standard InChI is InChI=1S/C26H31F3N8O2/c1-17(38)35-8-5-25(6-9-35)15-36(16-25)22-11-21(32-20-10-19(4-7-30-20)26(27,28)29)33-23(34-22)18-12-31-37(13-18)14-24(2,3)39/h4,7,10-13,39H,5-6,8-9,14-16H2,1-3H3,(H,30,32,33,34). The van der Waals surface area contributed by atoms with Crippen molar-refractivity contribution in [3.8, 4) is 11.4 Å². The summed E-state index contributed by atoms with van der Waals surface area (Å²) in [6, 6.07) is 3.55. The minimum Gasteiger partial charge on any atom is -0.389 e. The molecular formula is C26H31F3N8O2. The van der Waals surface area contributed by atoms with Crippen molar-refractivity contribution >= 4 is 23.4 Å². The van der Waals surface area contributed by atoms with Crippen molar-refractivity contribution in [2.75, 3.05) is 36.4 Å². The zero-order valence-electron chi connectivity index (χ0n) is 22.0. The van der Waals surface area contributed by atoms with Crippen LogP contribution in [0, 0.1) is 5.41 Å². The molecule has 2 N–H and O–H groups in total. The number of amides is 1. The molecule has 0 unspecified atom stereocenters. The number of nitrogens with zero attached hydrogens (tertiary/aromatic N) is 7. The fourth-order valence-corrected chi connectivity index (χ4v) is 5.10. The summed E-state index contributed by atoms with van der Waals surface area (Å²) < 4.78 is 41.3. The van der Waals surface area contributed by atoms with Crippen molar-refractivity contribution in [2.45, 2.75) is 51.9 Å². The van der Waals surface area contributed by atoms with Gasteiger partial charge in [0.05, 0.1) is 29.5 Å². The van der Waals surface area contributed by atoms with E-state index in [0.717, 1.165) is 57.4 Å². The second-order valence-electron chi connectivity index (χ2n) is 11.1. The van der Waals surface area contributed by atoms with Crippen LogP contribution in [0.5, 0.6) is 0 Å². The van der Waals surface area contributed by atoms with E-state index in [1.807, 2.05) is 4.90 Å². The van der Waals surface area contributed by atoms with Crippen LogP contribution in [0.25, 0.3) is 11.4 Å². The predicted octanol–water partition coefficient (Wildman–Crippen LogP) is 3.72. The number of nitrogens with one attached hydrogen (secondary N) is 1. The Morgan fingerprint density at radius 2 is 1.85 bits per heavy atom. The quantitative estimate of drug-likeness (QED) is 0.483. The molecule has 2 aliphatic heterocycles. The largest absolute Gasteiger partial charge is 0.416 e. The van der Waals surface area contributed by atoms with Crippen LogP contribution >= 0.6 is 0 Å². The van der Waals surface area contributed by atoms with Gasteiger partial charge in [0.2, 0.25) is 5.91 Å². The molecule has 13 heteroatoms. The molecule has 1 amide bonds. The van der Waals surface area contributed by atoms with Crippen LogP contribution in [0.15, 0.2) is 36.8 Å². The van der Waals surface area contributed by atoms with E-state index in [1.165, 1.54) is 0 Å². The number of likely N-dealkylation sites (tertiary alicyclic amines) is 1. The number of rotatable bonds is 6. The lowest BCUT2D eigenvalue weighted by atomic mass is 9.72. The summed E-state index contributed by atoms with van der Waals surface area (Å²) in [7, 11) is 0. The maximum Gasteiger partial charge on any atom is 0.416 e. The van der Waals surface area contributed by atoms with Gasteiger partial charge < -0.3 is 20.2 Å². The van der Waals surface area contributed by atoms with Crippen LogP contribution in [-0.2, 0) is 17.5 Å². The molecule has 2 saturated heterocycles. The number of halogens is 3. The van der Waals surface area contributed by atoms with E-state index in [0.29, 0.717) is 23.0 Å². The molecule has 208 valence electrons. The highest BCUT2D eigenvalue weighted by molar-refractivity contribution is 5.73. The van der Waals surface area contributed by atoms with Crippen molar-refractivity contribution in [3.05, 3.63) is 42.4 Å². The molecule has 0 radical (unpaired) electrons. The van der Waals surface area contributed by atoms with Crippen LogP contribution in [-0.4, -0.2) is 72.4 Å². The van der Waals surface area contributed by atoms with E-state index in [4.69, 9.17) is 4.98 Å². The van der Waals surface area contributed by atoms with E-state index >= 15 is 0 Å². The SMILES string of the molecule is CC(=O)N1CCC2(CC1)CN(c1cc(Nc3cc(C(F)(F)F)ccn3)nc(-c3cnn(CC(C)(C)O)c3)n1)C2.